The van der Waals surface area contributed by atoms with Crippen LogP contribution in [0, 0.1) is 0 Å². The average molecular weight is 394 g/mol. The molecule has 1 amide bonds. The van der Waals surface area contributed by atoms with Gasteiger partial charge in [0.25, 0.3) is 0 Å². The van der Waals surface area contributed by atoms with Crippen LogP contribution in [0.15, 0.2) is 66.9 Å². The van der Waals surface area contributed by atoms with Crippen LogP contribution in [0.3, 0.4) is 0 Å². The van der Waals surface area contributed by atoms with E-state index in [0.717, 1.165) is 22.5 Å². The summed E-state index contributed by atoms with van der Waals surface area (Å²) < 4.78 is 7.13. The summed E-state index contributed by atoms with van der Waals surface area (Å²) in [4.78, 5) is 14.3. The molecule has 0 spiro atoms. The molecule has 1 fully saturated rings. The second-order valence-electron chi connectivity index (χ2n) is 6.49. The second kappa shape index (κ2) is 8.42. The van der Waals surface area contributed by atoms with E-state index >= 15 is 0 Å². The number of carbonyl (C=O) groups excluding carboxylic acids is 1. The van der Waals surface area contributed by atoms with Crippen LogP contribution in [0.4, 0.5) is 0 Å². The number of hydrogen-bond acceptors (Lipinski definition) is 3. The molecule has 28 heavy (non-hydrogen) atoms. The minimum atomic E-state index is -0.0159. The zero-order valence-corrected chi connectivity index (χ0v) is 16.0. The topological polar surface area (TPSA) is 47.4 Å². The first-order valence-corrected chi connectivity index (χ1v) is 9.54. The number of carbonyl (C=O) groups is 1. The van der Waals surface area contributed by atoms with E-state index in [9.17, 15) is 4.79 Å². The molecule has 1 aliphatic rings. The summed E-state index contributed by atoms with van der Waals surface area (Å²) >= 11 is 6.03. The lowest BCUT2D eigenvalue weighted by molar-refractivity contribution is -0.129. The van der Waals surface area contributed by atoms with Gasteiger partial charge in [0.2, 0.25) is 5.91 Å². The third kappa shape index (κ3) is 4.16. The summed E-state index contributed by atoms with van der Waals surface area (Å²) in [6, 6.07) is 17.4. The van der Waals surface area contributed by atoms with E-state index in [4.69, 9.17) is 21.4 Å². The molecule has 6 heteroatoms. The highest BCUT2D eigenvalue weighted by molar-refractivity contribution is 6.30. The molecule has 0 saturated carbocycles. The van der Waals surface area contributed by atoms with Gasteiger partial charge in [0.15, 0.2) is 0 Å². The summed E-state index contributed by atoms with van der Waals surface area (Å²) in [6.07, 6.45) is 5.37. The fraction of sp³-hybridized carbons (Fsp3) is 0.182. The molecule has 0 unspecified atom stereocenters. The summed E-state index contributed by atoms with van der Waals surface area (Å²) in [6.45, 7) is 2.41. The predicted octanol–water partition coefficient (Wildman–Crippen LogP) is 4.06. The van der Waals surface area contributed by atoms with Crippen molar-refractivity contribution in [3.8, 4) is 16.9 Å². The standard InChI is InChI=1S/C22H20ClN3O2/c23-19-9-6-17(7-10-19)22-18(8-11-21(27)25-12-14-28-15-13-25)16-26(24-22)20-4-2-1-3-5-20/h1-11,16H,12-15H2/b11-8+. The zero-order valence-electron chi connectivity index (χ0n) is 15.3. The summed E-state index contributed by atoms with van der Waals surface area (Å²) in [5, 5.41) is 5.42. The van der Waals surface area contributed by atoms with Crippen molar-refractivity contribution < 1.29 is 9.53 Å². The molecule has 2 heterocycles. The number of rotatable bonds is 4. The van der Waals surface area contributed by atoms with Crippen molar-refractivity contribution in [2.45, 2.75) is 0 Å². The Labute approximate surface area is 168 Å². The molecule has 1 aliphatic heterocycles. The Balaban J connectivity index is 1.67. The van der Waals surface area contributed by atoms with E-state index < -0.39 is 0 Å². The molecule has 0 radical (unpaired) electrons. The largest absolute Gasteiger partial charge is 0.378 e. The Morgan fingerprint density at radius 2 is 1.75 bits per heavy atom. The minimum absolute atomic E-state index is 0.0159. The highest BCUT2D eigenvalue weighted by Crippen LogP contribution is 2.26. The maximum Gasteiger partial charge on any atom is 0.246 e. The number of ether oxygens (including phenoxy) is 1. The number of morpholine rings is 1. The molecule has 0 aliphatic carbocycles. The van der Waals surface area contributed by atoms with Gasteiger partial charge in [-0.05, 0) is 30.3 Å². The Bertz CT molecular complexity index is 975. The first-order valence-electron chi connectivity index (χ1n) is 9.16. The third-order valence-electron chi connectivity index (χ3n) is 4.61. The fourth-order valence-electron chi connectivity index (χ4n) is 3.10. The van der Waals surface area contributed by atoms with Crippen LogP contribution >= 0.6 is 11.6 Å². The lowest BCUT2D eigenvalue weighted by Crippen LogP contribution is -2.39. The van der Waals surface area contributed by atoms with Gasteiger partial charge in [-0.2, -0.15) is 5.10 Å². The van der Waals surface area contributed by atoms with Gasteiger partial charge >= 0.3 is 0 Å². The third-order valence-corrected chi connectivity index (χ3v) is 4.86. The maximum absolute atomic E-state index is 12.5. The van der Waals surface area contributed by atoms with Crippen molar-refractivity contribution in [1.82, 2.24) is 14.7 Å². The van der Waals surface area contributed by atoms with Gasteiger partial charge in [0, 0.05) is 41.5 Å². The molecule has 1 aromatic heterocycles. The molecule has 0 atom stereocenters. The number of hydrogen-bond donors (Lipinski definition) is 0. The Morgan fingerprint density at radius 1 is 1.04 bits per heavy atom. The highest BCUT2D eigenvalue weighted by atomic mass is 35.5. The smallest absolute Gasteiger partial charge is 0.246 e. The molecule has 1 saturated heterocycles. The monoisotopic (exact) mass is 393 g/mol. The number of aromatic nitrogens is 2. The van der Waals surface area contributed by atoms with Crippen LogP contribution in [0.25, 0.3) is 23.0 Å². The molecular weight excluding hydrogens is 374 g/mol. The van der Waals surface area contributed by atoms with Gasteiger partial charge in [-0.1, -0.05) is 41.9 Å². The fourth-order valence-corrected chi connectivity index (χ4v) is 3.23. The quantitative estimate of drug-likeness (QED) is 0.628. The van der Waals surface area contributed by atoms with Crippen LogP contribution in [0.5, 0.6) is 0 Å². The van der Waals surface area contributed by atoms with Crippen molar-refractivity contribution in [2.75, 3.05) is 26.3 Å². The van der Waals surface area contributed by atoms with Gasteiger partial charge in [-0.3, -0.25) is 4.79 Å². The average Bonchev–Trinajstić information content (AvgIpc) is 3.18. The molecule has 0 N–H and O–H groups in total. The van der Waals surface area contributed by atoms with Crippen LogP contribution in [-0.2, 0) is 9.53 Å². The Kier molecular flexibility index (Phi) is 5.55. The number of halogens is 1. The molecule has 3 aromatic rings. The first kappa shape index (κ1) is 18.5. The second-order valence-corrected chi connectivity index (χ2v) is 6.93. The number of nitrogens with zero attached hydrogens (tertiary/aromatic N) is 3. The van der Waals surface area contributed by atoms with Gasteiger partial charge in [-0.25, -0.2) is 4.68 Å². The molecule has 4 rings (SSSR count). The first-order chi connectivity index (χ1) is 13.7. The highest BCUT2D eigenvalue weighted by Gasteiger charge is 2.15. The van der Waals surface area contributed by atoms with E-state index in [1.165, 1.54) is 0 Å². The zero-order chi connectivity index (χ0) is 19.3. The molecule has 142 valence electrons. The number of amides is 1. The van der Waals surface area contributed by atoms with Gasteiger partial charge in [-0.15, -0.1) is 0 Å². The van der Waals surface area contributed by atoms with E-state index in [1.54, 1.807) is 11.0 Å². The summed E-state index contributed by atoms with van der Waals surface area (Å²) in [7, 11) is 0. The number of para-hydroxylation sites is 1. The molecule has 0 bridgehead atoms. The van der Waals surface area contributed by atoms with Crippen molar-refractivity contribution in [1.29, 1.82) is 0 Å². The maximum atomic E-state index is 12.5. The Hall–Kier alpha value is -2.89. The summed E-state index contributed by atoms with van der Waals surface area (Å²) in [5.74, 6) is -0.0159. The number of benzene rings is 2. The lowest BCUT2D eigenvalue weighted by atomic mass is 10.1. The van der Waals surface area contributed by atoms with Gasteiger partial charge in [0.1, 0.15) is 0 Å². The lowest BCUT2D eigenvalue weighted by Gasteiger charge is -2.25. The van der Waals surface area contributed by atoms with E-state index in [-0.39, 0.29) is 5.91 Å². The van der Waals surface area contributed by atoms with Gasteiger partial charge in [0.05, 0.1) is 24.6 Å². The van der Waals surface area contributed by atoms with Crippen LogP contribution in [0.1, 0.15) is 5.56 Å². The van der Waals surface area contributed by atoms with E-state index in [1.807, 2.05) is 71.6 Å². The van der Waals surface area contributed by atoms with E-state index in [0.29, 0.717) is 31.3 Å². The van der Waals surface area contributed by atoms with Gasteiger partial charge < -0.3 is 9.64 Å². The Morgan fingerprint density at radius 3 is 2.46 bits per heavy atom. The molecule has 5 nitrogen and oxygen atoms in total. The van der Waals surface area contributed by atoms with Crippen molar-refractivity contribution in [2.24, 2.45) is 0 Å². The molecular formula is C22H20ClN3O2. The van der Waals surface area contributed by atoms with Crippen molar-refractivity contribution in [3.05, 3.63) is 77.5 Å². The molecule has 2 aromatic carbocycles. The van der Waals surface area contributed by atoms with Crippen LogP contribution < -0.4 is 0 Å². The van der Waals surface area contributed by atoms with Crippen LogP contribution in [0.2, 0.25) is 5.02 Å². The SMILES string of the molecule is O=C(/C=C/c1cn(-c2ccccc2)nc1-c1ccc(Cl)cc1)N1CCOCC1. The van der Waals surface area contributed by atoms with Crippen molar-refractivity contribution in [3.63, 3.8) is 0 Å². The van der Waals surface area contributed by atoms with Crippen molar-refractivity contribution >= 4 is 23.6 Å². The van der Waals surface area contributed by atoms with E-state index in [2.05, 4.69) is 0 Å². The summed E-state index contributed by atoms with van der Waals surface area (Å²) in [5.41, 5.74) is 3.56. The predicted molar refractivity (Wildman–Crippen MR) is 110 cm³/mol. The van der Waals surface area contributed by atoms with Crippen LogP contribution in [-0.4, -0.2) is 46.9 Å². The minimum Gasteiger partial charge on any atom is -0.378 e. The normalized spacial score (nSPS) is 14.5.